The van der Waals surface area contributed by atoms with Crippen LogP contribution >= 0.6 is 12.4 Å². The van der Waals surface area contributed by atoms with Crippen LogP contribution in [-0.2, 0) is 10.2 Å². The summed E-state index contributed by atoms with van der Waals surface area (Å²) in [7, 11) is 1.78. The summed E-state index contributed by atoms with van der Waals surface area (Å²) in [6.07, 6.45) is 0. The predicted octanol–water partition coefficient (Wildman–Crippen LogP) is 3.74. The first-order chi connectivity index (χ1) is 8.94. The van der Waals surface area contributed by atoms with Gasteiger partial charge in [-0.1, -0.05) is 53.7 Å². The van der Waals surface area contributed by atoms with E-state index in [-0.39, 0.29) is 29.1 Å². The summed E-state index contributed by atoms with van der Waals surface area (Å²) in [6.45, 7) is 12.5. The molecule has 0 unspecified atom stereocenters. The number of carbonyl (C=O) groups excluding carboxylic acids is 1. The van der Waals surface area contributed by atoms with Crippen LogP contribution in [0.4, 0.5) is 5.69 Å². The molecule has 0 fully saturated rings. The van der Waals surface area contributed by atoms with Crippen molar-refractivity contribution >= 4 is 24.0 Å². The normalized spacial score (nSPS) is 13.3. The maximum Gasteiger partial charge on any atom is 0.244 e. The van der Waals surface area contributed by atoms with E-state index in [4.69, 9.17) is 5.73 Å². The first-order valence-corrected chi connectivity index (χ1v) is 7.08. The third-order valence-corrected chi connectivity index (χ3v) is 3.65. The number of hydrogen-bond acceptors (Lipinski definition) is 2. The number of hydrogen-bond donors (Lipinski definition) is 1. The molecule has 3 nitrogen and oxygen atoms in total. The van der Waals surface area contributed by atoms with Crippen molar-refractivity contribution in [3.63, 3.8) is 0 Å². The highest BCUT2D eigenvalue weighted by molar-refractivity contribution is 5.97. The molecular formula is C17H29ClN2O. The lowest BCUT2D eigenvalue weighted by molar-refractivity contribution is -0.121. The fourth-order valence-electron chi connectivity index (χ4n) is 1.89. The molecule has 0 aliphatic rings. The Morgan fingerprint density at radius 1 is 1.05 bits per heavy atom. The van der Waals surface area contributed by atoms with Crippen molar-refractivity contribution in [3.05, 3.63) is 29.8 Å². The van der Waals surface area contributed by atoms with Gasteiger partial charge in [0.1, 0.15) is 0 Å². The SMILES string of the molecule is CN(C(=O)[C@@H](N)C(C)(C)C)c1ccc(C(C)(C)C)cc1.Cl. The topological polar surface area (TPSA) is 46.3 Å². The first-order valence-electron chi connectivity index (χ1n) is 7.08. The summed E-state index contributed by atoms with van der Waals surface area (Å²) < 4.78 is 0. The number of amides is 1. The van der Waals surface area contributed by atoms with Gasteiger partial charge >= 0.3 is 0 Å². The van der Waals surface area contributed by atoms with Crippen LogP contribution in [0.25, 0.3) is 0 Å². The Labute approximate surface area is 135 Å². The monoisotopic (exact) mass is 312 g/mol. The highest BCUT2D eigenvalue weighted by atomic mass is 35.5. The van der Waals surface area contributed by atoms with Crippen LogP contribution < -0.4 is 10.6 Å². The zero-order valence-corrected chi connectivity index (χ0v) is 15.0. The highest BCUT2D eigenvalue weighted by Crippen LogP contribution is 2.26. The molecule has 0 radical (unpaired) electrons. The number of nitrogens with zero attached hydrogens (tertiary/aromatic N) is 1. The molecule has 0 bridgehead atoms. The summed E-state index contributed by atoms with van der Waals surface area (Å²) in [5, 5.41) is 0. The van der Waals surface area contributed by atoms with Gasteiger partial charge in [0, 0.05) is 12.7 Å². The third kappa shape index (κ3) is 5.01. The van der Waals surface area contributed by atoms with Gasteiger partial charge in [-0.05, 0) is 28.5 Å². The number of nitrogens with two attached hydrogens (primary N) is 1. The van der Waals surface area contributed by atoms with Gasteiger partial charge in [-0.2, -0.15) is 0 Å². The largest absolute Gasteiger partial charge is 0.319 e. The maximum atomic E-state index is 12.4. The lowest BCUT2D eigenvalue weighted by Gasteiger charge is -2.30. The zero-order valence-electron chi connectivity index (χ0n) is 14.2. The van der Waals surface area contributed by atoms with Gasteiger partial charge in [0.2, 0.25) is 5.91 Å². The number of halogens is 1. The van der Waals surface area contributed by atoms with E-state index in [0.29, 0.717) is 0 Å². The number of benzene rings is 1. The minimum absolute atomic E-state index is 0. The van der Waals surface area contributed by atoms with Crippen molar-refractivity contribution in [2.45, 2.75) is 53.0 Å². The molecule has 120 valence electrons. The maximum absolute atomic E-state index is 12.4. The summed E-state index contributed by atoms with van der Waals surface area (Å²) in [5.74, 6) is -0.0546. The molecule has 0 heterocycles. The van der Waals surface area contributed by atoms with Crippen molar-refractivity contribution in [2.24, 2.45) is 11.1 Å². The lowest BCUT2D eigenvalue weighted by Crippen LogP contribution is -2.49. The molecule has 4 heteroatoms. The standard InChI is InChI=1S/C17H28N2O.ClH/c1-16(2,3)12-8-10-13(11-9-12)19(7)15(20)14(18)17(4,5)6;/h8-11,14H,18H2,1-7H3;1H/t14-;/m1./s1. The van der Waals surface area contributed by atoms with Gasteiger partial charge in [0.25, 0.3) is 0 Å². The van der Waals surface area contributed by atoms with Crippen LogP contribution in [0.5, 0.6) is 0 Å². The van der Waals surface area contributed by atoms with Gasteiger partial charge in [-0.3, -0.25) is 4.79 Å². The molecule has 21 heavy (non-hydrogen) atoms. The molecule has 0 spiro atoms. The Balaban J connectivity index is 0.00000400. The first kappa shape index (κ1) is 19.9. The van der Waals surface area contributed by atoms with E-state index in [1.165, 1.54) is 5.56 Å². The second-order valence-electron chi connectivity index (χ2n) is 7.54. The van der Waals surface area contributed by atoms with Crippen LogP contribution in [0, 0.1) is 5.41 Å². The highest BCUT2D eigenvalue weighted by Gasteiger charge is 2.30. The molecule has 0 saturated carbocycles. The van der Waals surface area contributed by atoms with Gasteiger partial charge in [0.05, 0.1) is 6.04 Å². The molecule has 0 aliphatic carbocycles. The quantitative estimate of drug-likeness (QED) is 0.904. The van der Waals surface area contributed by atoms with Gasteiger partial charge in [-0.15, -0.1) is 12.4 Å². The van der Waals surface area contributed by atoms with E-state index < -0.39 is 6.04 Å². The fraction of sp³-hybridized carbons (Fsp3) is 0.588. The molecule has 1 rings (SSSR count). The Kier molecular flexibility index (Phi) is 6.46. The lowest BCUT2D eigenvalue weighted by atomic mass is 9.86. The molecule has 0 saturated heterocycles. The zero-order chi connectivity index (χ0) is 15.7. The predicted molar refractivity (Wildman–Crippen MR) is 93.2 cm³/mol. The minimum Gasteiger partial charge on any atom is -0.319 e. The Bertz CT molecular complexity index is 469. The van der Waals surface area contributed by atoms with Gasteiger partial charge in [-0.25, -0.2) is 0 Å². The second-order valence-corrected chi connectivity index (χ2v) is 7.54. The van der Waals surface area contributed by atoms with Crippen LogP contribution in [0.15, 0.2) is 24.3 Å². The number of carbonyl (C=O) groups is 1. The van der Waals surface area contributed by atoms with E-state index >= 15 is 0 Å². The molecule has 1 aromatic rings. The van der Waals surface area contributed by atoms with Crippen LogP contribution in [0.3, 0.4) is 0 Å². The fourth-order valence-corrected chi connectivity index (χ4v) is 1.89. The van der Waals surface area contributed by atoms with Crippen molar-refractivity contribution in [2.75, 3.05) is 11.9 Å². The number of rotatable bonds is 2. The molecule has 1 atom stereocenters. The smallest absolute Gasteiger partial charge is 0.244 e. The molecule has 0 aliphatic heterocycles. The second kappa shape index (κ2) is 6.80. The number of likely N-dealkylation sites (N-methyl/N-ethyl adjacent to an activating group) is 1. The van der Waals surface area contributed by atoms with E-state index in [2.05, 4.69) is 32.9 Å². The Morgan fingerprint density at radius 2 is 1.48 bits per heavy atom. The van der Waals surface area contributed by atoms with Gasteiger partial charge in [0.15, 0.2) is 0 Å². The summed E-state index contributed by atoms with van der Waals surface area (Å²) in [4.78, 5) is 14.0. The van der Waals surface area contributed by atoms with Crippen molar-refractivity contribution < 1.29 is 4.79 Å². The van der Waals surface area contributed by atoms with E-state index in [1.807, 2.05) is 32.9 Å². The molecule has 0 aromatic heterocycles. The Morgan fingerprint density at radius 3 is 1.81 bits per heavy atom. The average Bonchev–Trinajstić information content (AvgIpc) is 2.34. The van der Waals surface area contributed by atoms with Crippen LogP contribution in [0.2, 0.25) is 0 Å². The average molecular weight is 313 g/mol. The van der Waals surface area contributed by atoms with Crippen molar-refractivity contribution in [3.8, 4) is 0 Å². The number of anilines is 1. The van der Waals surface area contributed by atoms with Crippen molar-refractivity contribution in [1.29, 1.82) is 0 Å². The van der Waals surface area contributed by atoms with Crippen LogP contribution in [0.1, 0.15) is 47.1 Å². The summed E-state index contributed by atoms with van der Waals surface area (Å²) >= 11 is 0. The molecule has 1 amide bonds. The van der Waals surface area contributed by atoms with Gasteiger partial charge < -0.3 is 10.6 Å². The molecular weight excluding hydrogens is 284 g/mol. The minimum atomic E-state index is -0.505. The summed E-state index contributed by atoms with van der Waals surface area (Å²) in [6, 6.07) is 7.60. The van der Waals surface area contributed by atoms with Crippen LogP contribution in [-0.4, -0.2) is 19.0 Å². The summed E-state index contributed by atoms with van der Waals surface area (Å²) in [5.41, 5.74) is 8.04. The third-order valence-electron chi connectivity index (χ3n) is 3.65. The van der Waals surface area contributed by atoms with E-state index in [9.17, 15) is 4.79 Å². The van der Waals surface area contributed by atoms with E-state index in [1.54, 1.807) is 11.9 Å². The van der Waals surface area contributed by atoms with E-state index in [0.717, 1.165) is 5.69 Å². The Hall–Kier alpha value is -1.06. The molecule has 2 N–H and O–H groups in total. The molecule has 1 aromatic carbocycles. The van der Waals surface area contributed by atoms with Crippen molar-refractivity contribution in [1.82, 2.24) is 0 Å².